The van der Waals surface area contributed by atoms with Crippen molar-refractivity contribution in [3.05, 3.63) is 0 Å². The summed E-state index contributed by atoms with van der Waals surface area (Å²) in [5, 5.41) is 0. The van der Waals surface area contributed by atoms with Gasteiger partial charge in [-0.1, -0.05) is 52.9 Å². The maximum Gasteiger partial charge on any atom is 0.191 e. The van der Waals surface area contributed by atoms with E-state index in [0.29, 0.717) is 0 Å². The van der Waals surface area contributed by atoms with E-state index < -0.39 is 7.26 Å². The lowest BCUT2D eigenvalue weighted by atomic mass is 10.3. The van der Waals surface area contributed by atoms with Gasteiger partial charge in [0, 0.05) is 7.26 Å². The minimum atomic E-state index is -0.871. The summed E-state index contributed by atoms with van der Waals surface area (Å²) < 4.78 is 11.6. The number of ether oxygens (including phenoxy) is 2. The molecule has 0 spiro atoms. The number of hydrogen-bond donors (Lipinski definition) is 0. The summed E-state index contributed by atoms with van der Waals surface area (Å²) in [5.74, 6) is 0. The highest BCUT2D eigenvalue weighted by molar-refractivity contribution is 7.75. The molecule has 0 aliphatic carbocycles. The Hall–Kier alpha value is 0.350. The van der Waals surface area contributed by atoms with Crippen molar-refractivity contribution in [1.29, 1.82) is 0 Å². The summed E-state index contributed by atoms with van der Waals surface area (Å²) >= 11 is 0. The van der Waals surface area contributed by atoms with E-state index in [0.717, 1.165) is 13.2 Å². The van der Waals surface area contributed by atoms with Crippen LogP contribution in [0.5, 0.6) is 0 Å². The van der Waals surface area contributed by atoms with E-state index in [1.54, 1.807) is 0 Å². The zero-order valence-corrected chi connectivity index (χ0v) is 15.6. The van der Waals surface area contributed by atoms with Crippen LogP contribution in [0.25, 0.3) is 0 Å². The monoisotopic (exact) mass is 317 g/mol. The van der Waals surface area contributed by atoms with E-state index in [4.69, 9.17) is 9.47 Å². The van der Waals surface area contributed by atoms with Crippen molar-refractivity contribution >= 4 is 7.26 Å². The molecular formula is C18H38O2P+. The van der Waals surface area contributed by atoms with Crippen molar-refractivity contribution < 1.29 is 9.47 Å². The Balaban J connectivity index is 2.61. The predicted octanol–water partition coefficient (Wildman–Crippen LogP) is 5.56. The van der Waals surface area contributed by atoms with Crippen molar-refractivity contribution in [2.45, 2.75) is 78.4 Å². The highest BCUT2D eigenvalue weighted by Gasteiger charge is 2.40. The van der Waals surface area contributed by atoms with Gasteiger partial charge in [-0.3, -0.25) is 0 Å². The molecule has 1 aliphatic heterocycles. The average molecular weight is 317 g/mol. The first-order valence-corrected chi connectivity index (χ1v) is 11.9. The van der Waals surface area contributed by atoms with Gasteiger partial charge in [-0.05, 0) is 19.3 Å². The summed E-state index contributed by atoms with van der Waals surface area (Å²) in [4.78, 5) is 0. The quantitative estimate of drug-likeness (QED) is 0.327. The van der Waals surface area contributed by atoms with Crippen molar-refractivity contribution in [3.8, 4) is 0 Å². The standard InChI is InChI=1S/C18H38O2P/c1-4-7-10-15-21(14-9-6-3,16-11-8-5-2)17-18-19-12-13-20-18/h18H,4-17H2,1-3H3/q+1. The van der Waals surface area contributed by atoms with Crippen LogP contribution in [0.1, 0.15) is 72.1 Å². The molecule has 1 fully saturated rings. The smallest absolute Gasteiger partial charge is 0.191 e. The number of unbranched alkanes of at least 4 members (excludes halogenated alkanes) is 5. The number of rotatable bonds is 13. The Labute approximate surface area is 133 Å². The van der Waals surface area contributed by atoms with E-state index in [1.807, 2.05) is 0 Å². The fraction of sp³-hybridized carbons (Fsp3) is 1.00. The second kappa shape index (κ2) is 11.9. The highest BCUT2D eigenvalue weighted by Crippen LogP contribution is 2.61. The Morgan fingerprint density at radius 2 is 1.19 bits per heavy atom. The second-order valence-corrected chi connectivity index (χ2v) is 11.0. The van der Waals surface area contributed by atoms with Gasteiger partial charge < -0.3 is 9.47 Å². The van der Waals surface area contributed by atoms with Crippen LogP contribution in [0.15, 0.2) is 0 Å². The van der Waals surface area contributed by atoms with Gasteiger partial charge in [-0.2, -0.15) is 0 Å². The van der Waals surface area contributed by atoms with E-state index >= 15 is 0 Å². The Morgan fingerprint density at radius 3 is 1.67 bits per heavy atom. The van der Waals surface area contributed by atoms with E-state index in [-0.39, 0.29) is 6.29 Å². The molecule has 0 atom stereocenters. The molecule has 0 aromatic rings. The average Bonchev–Trinajstić information content (AvgIpc) is 2.98. The minimum absolute atomic E-state index is 0.124. The third-order valence-electron chi connectivity index (χ3n) is 4.69. The van der Waals surface area contributed by atoms with Gasteiger partial charge >= 0.3 is 0 Å². The molecule has 0 unspecified atom stereocenters. The second-order valence-electron chi connectivity index (χ2n) is 6.63. The van der Waals surface area contributed by atoms with Gasteiger partial charge in [0.1, 0.15) is 6.16 Å². The Morgan fingerprint density at radius 1 is 0.714 bits per heavy atom. The first kappa shape index (κ1) is 19.4. The van der Waals surface area contributed by atoms with Crippen molar-refractivity contribution in [1.82, 2.24) is 0 Å². The first-order chi connectivity index (χ1) is 10.3. The molecule has 0 N–H and O–H groups in total. The van der Waals surface area contributed by atoms with E-state index in [9.17, 15) is 0 Å². The van der Waals surface area contributed by atoms with Crippen LogP contribution in [0, 0.1) is 0 Å². The molecule has 1 heterocycles. The predicted molar refractivity (Wildman–Crippen MR) is 96.0 cm³/mol. The fourth-order valence-electron chi connectivity index (χ4n) is 3.33. The van der Waals surface area contributed by atoms with Gasteiger partial charge in [0.05, 0.1) is 31.7 Å². The van der Waals surface area contributed by atoms with Crippen LogP contribution < -0.4 is 0 Å². The third kappa shape index (κ3) is 7.95. The van der Waals surface area contributed by atoms with Gasteiger partial charge in [0.15, 0.2) is 6.29 Å². The highest BCUT2D eigenvalue weighted by atomic mass is 31.2. The molecule has 21 heavy (non-hydrogen) atoms. The van der Waals surface area contributed by atoms with Gasteiger partial charge in [-0.15, -0.1) is 0 Å². The molecule has 0 saturated carbocycles. The minimum Gasteiger partial charge on any atom is -0.347 e. The van der Waals surface area contributed by atoms with Crippen LogP contribution in [-0.4, -0.2) is 44.2 Å². The van der Waals surface area contributed by atoms with Gasteiger partial charge in [-0.25, -0.2) is 0 Å². The van der Waals surface area contributed by atoms with Crippen LogP contribution in [0.3, 0.4) is 0 Å². The lowest BCUT2D eigenvalue weighted by molar-refractivity contribution is -0.0227. The van der Waals surface area contributed by atoms with E-state index in [2.05, 4.69) is 20.8 Å². The SMILES string of the molecule is CCCCC[P+](CCCC)(CCCCC)CC1OCCO1. The van der Waals surface area contributed by atoms with Gasteiger partial charge in [0.25, 0.3) is 0 Å². The summed E-state index contributed by atoms with van der Waals surface area (Å²) in [7, 11) is -0.871. The molecule has 0 radical (unpaired) electrons. The molecule has 1 saturated heterocycles. The molecule has 3 heteroatoms. The van der Waals surface area contributed by atoms with Crippen molar-refractivity contribution in [2.24, 2.45) is 0 Å². The molecule has 1 aliphatic rings. The van der Waals surface area contributed by atoms with Crippen LogP contribution in [0.2, 0.25) is 0 Å². The van der Waals surface area contributed by atoms with E-state index in [1.165, 1.54) is 76.0 Å². The number of hydrogen-bond acceptors (Lipinski definition) is 2. The van der Waals surface area contributed by atoms with Crippen molar-refractivity contribution in [2.75, 3.05) is 37.9 Å². The normalized spacial score (nSPS) is 16.7. The fourth-order valence-corrected chi connectivity index (χ4v) is 8.16. The zero-order valence-electron chi connectivity index (χ0n) is 14.7. The first-order valence-electron chi connectivity index (χ1n) is 9.34. The molecule has 0 amide bonds. The Bertz CT molecular complexity index is 229. The third-order valence-corrected chi connectivity index (χ3v) is 9.55. The summed E-state index contributed by atoms with van der Waals surface area (Å²) in [6, 6.07) is 0. The summed E-state index contributed by atoms with van der Waals surface area (Å²) in [6.07, 6.45) is 16.8. The molecule has 1 rings (SSSR count). The molecule has 0 aromatic carbocycles. The summed E-state index contributed by atoms with van der Waals surface area (Å²) in [5.41, 5.74) is 0. The van der Waals surface area contributed by atoms with Crippen molar-refractivity contribution in [3.63, 3.8) is 0 Å². The van der Waals surface area contributed by atoms with Crippen LogP contribution >= 0.6 is 7.26 Å². The molecule has 0 bridgehead atoms. The summed E-state index contributed by atoms with van der Waals surface area (Å²) in [6.45, 7) is 8.57. The molecule has 126 valence electrons. The lowest BCUT2D eigenvalue weighted by Gasteiger charge is -2.29. The maximum absolute atomic E-state index is 5.81. The lowest BCUT2D eigenvalue weighted by Crippen LogP contribution is -2.22. The van der Waals surface area contributed by atoms with Crippen LogP contribution in [-0.2, 0) is 9.47 Å². The van der Waals surface area contributed by atoms with Crippen LogP contribution in [0.4, 0.5) is 0 Å². The Kier molecular flexibility index (Phi) is 11.0. The molecule has 2 nitrogen and oxygen atoms in total. The maximum atomic E-state index is 5.81. The molecular weight excluding hydrogens is 279 g/mol. The topological polar surface area (TPSA) is 18.5 Å². The zero-order chi connectivity index (χ0) is 15.4. The molecule has 0 aromatic heterocycles. The van der Waals surface area contributed by atoms with Gasteiger partial charge in [0.2, 0.25) is 0 Å². The largest absolute Gasteiger partial charge is 0.347 e.